The maximum absolute atomic E-state index is 3.77. The van der Waals surface area contributed by atoms with Crippen LogP contribution in [0.4, 0.5) is 0 Å². The second-order valence-electron chi connectivity index (χ2n) is 5.96. The lowest BCUT2D eigenvalue weighted by Crippen LogP contribution is -2.46. The molecule has 2 aliphatic carbocycles. The van der Waals surface area contributed by atoms with Gasteiger partial charge in [-0.3, -0.25) is 0 Å². The van der Waals surface area contributed by atoms with Crippen molar-refractivity contribution in [3.05, 3.63) is 0 Å². The summed E-state index contributed by atoms with van der Waals surface area (Å²) in [6.45, 7) is 6.03. The molecule has 0 unspecified atom stereocenters. The topological polar surface area (TPSA) is 12.0 Å². The van der Waals surface area contributed by atoms with Gasteiger partial charge < -0.3 is 5.32 Å². The van der Waals surface area contributed by atoms with Crippen LogP contribution in [0.15, 0.2) is 0 Å². The molecular formula is C13H25N. The van der Waals surface area contributed by atoms with Crippen LogP contribution in [0.3, 0.4) is 0 Å². The van der Waals surface area contributed by atoms with Gasteiger partial charge in [0.25, 0.3) is 0 Å². The monoisotopic (exact) mass is 195 g/mol. The first-order valence-corrected chi connectivity index (χ1v) is 6.44. The summed E-state index contributed by atoms with van der Waals surface area (Å²) in [4.78, 5) is 0. The van der Waals surface area contributed by atoms with E-state index >= 15 is 0 Å². The van der Waals surface area contributed by atoms with Gasteiger partial charge in [0.1, 0.15) is 0 Å². The van der Waals surface area contributed by atoms with Gasteiger partial charge in [-0.25, -0.2) is 0 Å². The second-order valence-corrected chi connectivity index (χ2v) is 5.96. The minimum Gasteiger partial charge on any atom is -0.313 e. The Balaban J connectivity index is 1.73. The Bertz CT molecular complexity index is 178. The molecule has 2 rings (SSSR count). The highest BCUT2D eigenvalue weighted by Crippen LogP contribution is 2.45. The van der Waals surface area contributed by atoms with E-state index in [2.05, 4.69) is 19.2 Å². The predicted molar refractivity (Wildman–Crippen MR) is 61.4 cm³/mol. The molecule has 0 bridgehead atoms. The number of hydrogen-bond acceptors (Lipinski definition) is 1. The van der Waals surface area contributed by atoms with Crippen molar-refractivity contribution in [1.82, 2.24) is 5.32 Å². The second kappa shape index (κ2) is 4.22. The van der Waals surface area contributed by atoms with Crippen LogP contribution < -0.4 is 5.32 Å². The molecule has 14 heavy (non-hydrogen) atoms. The zero-order chi connectivity index (χ0) is 10.0. The molecule has 0 aromatic carbocycles. The number of nitrogens with one attached hydrogen (secondary N) is 1. The Morgan fingerprint density at radius 2 is 1.93 bits per heavy atom. The Morgan fingerprint density at radius 1 is 1.21 bits per heavy atom. The highest BCUT2D eigenvalue weighted by atomic mass is 14.9. The van der Waals surface area contributed by atoms with Crippen LogP contribution in [0, 0.1) is 11.3 Å². The molecule has 82 valence electrons. The first kappa shape index (κ1) is 10.5. The molecule has 0 aromatic heterocycles. The van der Waals surface area contributed by atoms with Gasteiger partial charge in [-0.1, -0.05) is 26.7 Å². The maximum Gasteiger partial charge on any atom is 0.00673 e. The lowest BCUT2D eigenvalue weighted by atomic mass is 9.64. The van der Waals surface area contributed by atoms with E-state index in [4.69, 9.17) is 0 Å². The van der Waals surface area contributed by atoms with Crippen LogP contribution in [0.5, 0.6) is 0 Å². The smallest absolute Gasteiger partial charge is 0.00673 e. The summed E-state index contributed by atoms with van der Waals surface area (Å²) >= 11 is 0. The van der Waals surface area contributed by atoms with Crippen molar-refractivity contribution in [3.8, 4) is 0 Å². The van der Waals surface area contributed by atoms with Crippen molar-refractivity contribution >= 4 is 0 Å². The summed E-state index contributed by atoms with van der Waals surface area (Å²) in [7, 11) is 0. The summed E-state index contributed by atoms with van der Waals surface area (Å²) in [6, 6.07) is 0.875. The molecule has 0 aliphatic heterocycles. The summed E-state index contributed by atoms with van der Waals surface area (Å²) in [6.07, 6.45) is 10.2. The average Bonchev–Trinajstić information content (AvgIpc) is 1.95. The van der Waals surface area contributed by atoms with Gasteiger partial charge in [0.05, 0.1) is 0 Å². The SMILES string of the molecule is CC(C)CC1(CNC2CCC2)CCC1. The normalized spacial score (nSPS) is 25.9. The highest BCUT2D eigenvalue weighted by molar-refractivity contribution is 4.92. The Morgan fingerprint density at radius 3 is 2.29 bits per heavy atom. The molecule has 1 N–H and O–H groups in total. The third-order valence-electron chi connectivity index (χ3n) is 4.13. The van der Waals surface area contributed by atoms with E-state index in [0.717, 1.165) is 12.0 Å². The molecule has 1 nitrogen and oxygen atoms in total. The lowest BCUT2D eigenvalue weighted by Gasteiger charge is -2.45. The van der Waals surface area contributed by atoms with Gasteiger partial charge in [-0.2, -0.15) is 0 Å². The fourth-order valence-electron chi connectivity index (χ4n) is 2.97. The Kier molecular flexibility index (Phi) is 3.16. The largest absolute Gasteiger partial charge is 0.313 e. The Hall–Kier alpha value is -0.0400. The molecule has 2 aliphatic rings. The van der Waals surface area contributed by atoms with Crippen molar-refractivity contribution in [2.24, 2.45) is 11.3 Å². The number of rotatable bonds is 5. The van der Waals surface area contributed by atoms with Crippen LogP contribution in [0.25, 0.3) is 0 Å². The van der Waals surface area contributed by atoms with Crippen LogP contribution in [-0.4, -0.2) is 12.6 Å². The van der Waals surface area contributed by atoms with E-state index in [1.807, 2.05) is 0 Å². The summed E-state index contributed by atoms with van der Waals surface area (Å²) in [5, 5.41) is 3.77. The minimum absolute atomic E-state index is 0.698. The van der Waals surface area contributed by atoms with Gasteiger partial charge >= 0.3 is 0 Å². The third kappa shape index (κ3) is 2.31. The molecule has 2 fully saturated rings. The van der Waals surface area contributed by atoms with Crippen LogP contribution in [0.1, 0.15) is 58.8 Å². The van der Waals surface area contributed by atoms with Crippen LogP contribution >= 0.6 is 0 Å². The van der Waals surface area contributed by atoms with Gasteiger partial charge in [-0.15, -0.1) is 0 Å². The van der Waals surface area contributed by atoms with Crippen molar-refractivity contribution < 1.29 is 0 Å². The van der Waals surface area contributed by atoms with Crippen molar-refractivity contribution in [3.63, 3.8) is 0 Å². The molecule has 0 spiro atoms. The van der Waals surface area contributed by atoms with Gasteiger partial charge in [0, 0.05) is 12.6 Å². The first-order chi connectivity index (χ1) is 6.70. The van der Waals surface area contributed by atoms with Gasteiger partial charge in [0.2, 0.25) is 0 Å². The fourth-order valence-corrected chi connectivity index (χ4v) is 2.97. The third-order valence-corrected chi connectivity index (χ3v) is 4.13. The maximum atomic E-state index is 3.77. The fraction of sp³-hybridized carbons (Fsp3) is 1.00. The molecule has 0 amide bonds. The van der Waals surface area contributed by atoms with Crippen LogP contribution in [0.2, 0.25) is 0 Å². The van der Waals surface area contributed by atoms with Crippen molar-refractivity contribution in [2.45, 2.75) is 64.8 Å². The summed E-state index contributed by atoms with van der Waals surface area (Å²) < 4.78 is 0. The molecule has 0 heterocycles. The van der Waals surface area contributed by atoms with E-state index in [-0.39, 0.29) is 0 Å². The van der Waals surface area contributed by atoms with E-state index < -0.39 is 0 Å². The molecule has 0 radical (unpaired) electrons. The minimum atomic E-state index is 0.698. The quantitative estimate of drug-likeness (QED) is 0.709. The van der Waals surface area contributed by atoms with Crippen molar-refractivity contribution in [1.29, 1.82) is 0 Å². The first-order valence-electron chi connectivity index (χ1n) is 6.44. The average molecular weight is 195 g/mol. The molecule has 0 atom stereocenters. The Labute approximate surface area is 88.7 Å². The molecule has 0 aromatic rings. The van der Waals surface area contributed by atoms with Crippen LogP contribution in [-0.2, 0) is 0 Å². The van der Waals surface area contributed by atoms with E-state index in [9.17, 15) is 0 Å². The van der Waals surface area contributed by atoms with Crippen molar-refractivity contribution in [2.75, 3.05) is 6.54 Å². The van der Waals surface area contributed by atoms with E-state index in [0.29, 0.717) is 5.41 Å². The highest BCUT2D eigenvalue weighted by Gasteiger charge is 2.37. The molecule has 2 saturated carbocycles. The predicted octanol–water partition coefficient (Wildman–Crippen LogP) is 3.34. The van der Waals surface area contributed by atoms with E-state index in [1.54, 1.807) is 0 Å². The number of hydrogen-bond donors (Lipinski definition) is 1. The van der Waals surface area contributed by atoms with E-state index in [1.165, 1.54) is 51.5 Å². The zero-order valence-corrected chi connectivity index (χ0v) is 9.81. The summed E-state index contributed by atoms with van der Waals surface area (Å²) in [5.41, 5.74) is 0.698. The molecule has 1 heteroatoms. The zero-order valence-electron chi connectivity index (χ0n) is 9.81. The molecule has 0 saturated heterocycles. The van der Waals surface area contributed by atoms with Gasteiger partial charge in [0.15, 0.2) is 0 Å². The lowest BCUT2D eigenvalue weighted by molar-refractivity contribution is 0.0885. The van der Waals surface area contributed by atoms with Gasteiger partial charge in [-0.05, 0) is 43.4 Å². The standard InChI is InChI=1S/C13H25N/c1-11(2)9-13(7-4-8-13)10-14-12-5-3-6-12/h11-12,14H,3-10H2,1-2H3. The molecular weight excluding hydrogens is 170 g/mol. The summed E-state index contributed by atoms with van der Waals surface area (Å²) in [5.74, 6) is 0.874.